The standard InChI is InChI=1S/C15H14N4S/c1-15(2,3)14-17-13-10(9-16)6-7-11(19(13)18-14)12-5-4-8-20-12/h4-8H,1-3H3. The van der Waals surface area contributed by atoms with Crippen LogP contribution in [0.3, 0.4) is 0 Å². The van der Waals surface area contributed by atoms with Crippen LogP contribution >= 0.6 is 11.3 Å². The summed E-state index contributed by atoms with van der Waals surface area (Å²) in [6, 6.07) is 9.98. The molecule has 0 aromatic carbocycles. The van der Waals surface area contributed by atoms with Crippen LogP contribution in [0.25, 0.3) is 16.2 Å². The van der Waals surface area contributed by atoms with E-state index in [1.165, 1.54) is 0 Å². The fourth-order valence-electron chi connectivity index (χ4n) is 1.98. The fraction of sp³-hybridized carbons (Fsp3) is 0.267. The molecule has 0 unspecified atom stereocenters. The van der Waals surface area contributed by atoms with Gasteiger partial charge in [0.1, 0.15) is 6.07 Å². The first kappa shape index (κ1) is 12.8. The quantitative estimate of drug-likeness (QED) is 0.685. The van der Waals surface area contributed by atoms with Gasteiger partial charge in [-0.25, -0.2) is 9.50 Å². The van der Waals surface area contributed by atoms with Gasteiger partial charge in [0.15, 0.2) is 11.5 Å². The van der Waals surface area contributed by atoms with Gasteiger partial charge in [0.05, 0.1) is 16.1 Å². The Morgan fingerprint density at radius 3 is 2.65 bits per heavy atom. The largest absolute Gasteiger partial charge is 0.211 e. The molecule has 0 fully saturated rings. The molecule has 0 bridgehead atoms. The molecule has 0 amide bonds. The summed E-state index contributed by atoms with van der Waals surface area (Å²) in [6.45, 7) is 6.20. The lowest BCUT2D eigenvalue weighted by Crippen LogP contribution is -2.13. The monoisotopic (exact) mass is 282 g/mol. The van der Waals surface area contributed by atoms with Crippen molar-refractivity contribution < 1.29 is 0 Å². The molecule has 3 heterocycles. The lowest BCUT2D eigenvalue weighted by atomic mass is 9.96. The third kappa shape index (κ3) is 1.98. The van der Waals surface area contributed by atoms with E-state index in [1.54, 1.807) is 15.9 Å². The highest BCUT2D eigenvalue weighted by Gasteiger charge is 2.22. The molecule has 3 aromatic rings. The van der Waals surface area contributed by atoms with Gasteiger partial charge in [0.25, 0.3) is 0 Å². The maximum atomic E-state index is 9.24. The third-order valence-corrected chi connectivity index (χ3v) is 3.94. The molecular weight excluding hydrogens is 268 g/mol. The summed E-state index contributed by atoms with van der Waals surface area (Å²) in [5, 5.41) is 15.9. The van der Waals surface area contributed by atoms with Crippen LogP contribution in [0, 0.1) is 11.3 Å². The topological polar surface area (TPSA) is 54.0 Å². The minimum Gasteiger partial charge on any atom is -0.211 e. The van der Waals surface area contributed by atoms with Crippen molar-refractivity contribution in [1.29, 1.82) is 5.26 Å². The Morgan fingerprint density at radius 2 is 2.05 bits per heavy atom. The highest BCUT2D eigenvalue weighted by Crippen LogP contribution is 2.28. The predicted octanol–water partition coefficient (Wildman–Crippen LogP) is 3.63. The zero-order chi connectivity index (χ0) is 14.3. The second-order valence-corrected chi connectivity index (χ2v) is 6.59. The van der Waals surface area contributed by atoms with Gasteiger partial charge >= 0.3 is 0 Å². The second-order valence-electron chi connectivity index (χ2n) is 5.64. The maximum Gasteiger partial charge on any atom is 0.174 e. The summed E-state index contributed by atoms with van der Waals surface area (Å²) in [5.41, 5.74) is 2.00. The van der Waals surface area contributed by atoms with Crippen LogP contribution in [0.1, 0.15) is 32.2 Å². The number of thiophene rings is 1. The van der Waals surface area contributed by atoms with Crippen LogP contribution in [0.2, 0.25) is 0 Å². The third-order valence-electron chi connectivity index (χ3n) is 3.05. The van der Waals surface area contributed by atoms with E-state index in [2.05, 4.69) is 36.9 Å². The molecule has 0 N–H and O–H groups in total. The number of aromatic nitrogens is 3. The zero-order valence-electron chi connectivity index (χ0n) is 11.6. The molecule has 0 saturated carbocycles. The minimum absolute atomic E-state index is 0.147. The molecule has 5 heteroatoms. The molecule has 0 aliphatic heterocycles. The van der Waals surface area contributed by atoms with E-state index in [0.717, 1.165) is 16.4 Å². The fourth-order valence-corrected chi connectivity index (χ4v) is 2.71. The van der Waals surface area contributed by atoms with E-state index in [9.17, 15) is 5.26 Å². The van der Waals surface area contributed by atoms with Crippen LogP contribution < -0.4 is 0 Å². The Morgan fingerprint density at radius 1 is 1.25 bits per heavy atom. The van der Waals surface area contributed by atoms with Crippen molar-refractivity contribution in [3.8, 4) is 16.6 Å². The first-order valence-corrected chi connectivity index (χ1v) is 7.23. The van der Waals surface area contributed by atoms with Crippen molar-refractivity contribution in [3.63, 3.8) is 0 Å². The van der Waals surface area contributed by atoms with Gasteiger partial charge in [-0.05, 0) is 23.6 Å². The van der Waals surface area contributed by atoms with E-state index in [-0.39, 0.29) is 5.41 Å². The molecule has 3 aromatic heterocycles. The number of nitrogens with zero attached hydrogens (tertiary/aromatic N) is 4. The first-order chi connectivity index (χ1) is 9.50. The number of hydrogen-bond acceptors (Lipinski definition) is 4. The maximum absolute atomic E-state index is 9.24. The van der Waals surface area contributed by atoms with Crippen molar-refractivity contribution in [3.05, 3.63) is 41.0 Å². The molecule has 100 valence electrons. The SMILES string of the molecule is CC(C)(C)c1nc2c(C#N)ccc(-c3cccs3)n2n1. The second kappa shape index (κ2) is 4.43. The molecule has 0 spiro atoms. The van der Waals surface area contributed by atoms with E-state index < -0.39 is 0 Å². The van der Waals surface area contributed by atoms with Crippen LogP contribution in [-0.4, -0.2) is 14.6 Å². The van der Waals surface area contributed by atoms with Crippen LogP contribution in [0.15, 0.2) is 29.6 Å². The number of pyridine rings is 1. The Balaban J connectivity index is 2.34. The summed E-state index contributed by atoms with van der Waals surface area (Å²) >= 11 is 1.65. The van der Waals surface area contributed by atoms with Crippen LogP contribution in [0.4, 0.5) is 0 Å². The van der Waals surface area contributed by atoms with Crippen molar-refractivity contribution in [2.75, 3.05) is 0 Å². The van der Waals surface area contributed by atoms with E-state index >= 15 is 0 Å². The Labute approximate surface area is 121 Å². The van der Waals surface area contributed by atoms with Gasteiger partial charge in [-0.3, -0.25) is 0 Å². The minimum atomic E-state index is -0.147. The molecule has 0 atom stereocenters. The van der Waals surface area contributed by atoms with Gasteiger partial charge < -0.3 is 0 Å². The highest BCUT2D eigenvalue weighted by molar-refractivity contribution is 7.13. The van der Waals surface area contributed by atoms with Crippen molar-refractivity contribution in [2.45, 2.75) is 26.2 Å². The van der Waals surface area contributed by atoms with Gasteiger partial charge in [-0.15, -0.1) is 11.3 Å². The number of rotatable bonds is 1. The normalized spacial score (nSPS) is 11.7. The van der Waals surface area contributed by atoms with Crippen molar-refractivity contribution in [2.24, 2.45) is 0 Å². The van der Waals surface area contributed by atoms with Gasteiger partial charge in [0.2, 0.25) is 0 Å². The van der Waals surface area contributed by atoms with Gasteiger partial charge in [-0.1, -0.05) is 26.8 Å². The molecule has 0 aliphatic rings. The molecule has 3 rings (SSSR count). The summed E-state index contributed by atoms with van der Waals surface area (Å²) in [5.74, 6) is 0.748. The van der Waals surface area contributed by atoms with Gasteiger partial charge in [0, 0.05) is 5.41 Å². The summed E-state index contributed by atoms with van der Waals surface area (Å²) in [7, 11) is 0. The average Bonchev–Trinajstić information content (AvgIpc) is 3.05. The molecule has 0 aliphatic carbocycles. The van der Waals surface area contributed by atoms with E-state index in [0.29, 0.717) is 11.2 Å². The Bertz CT molecular complexity index is 801. The lowest BCUT2D eigenvalue weighted by Gasteiger charge is -2.11. The number of hydrogen-bond donors (Lipinski definition) is 0. The molecular formula is C15H14N4S. The summed E-state index contributed by atoms with van der Waals surface area (Å²) in [6.07, 6.45) is 0. The van der Waals surface area contributed by atoms with Crippen molar-refractivity contribution >= 4 is 17.0 Å². The zero-order valence-corrected chi connectivity index (χ0v) is 12.4. The average molecular weight is 282 g/mol. The lowest BCUT2D eigenvalue weighted by molar-refractivity contribution is 0.545. The van der Waals surface area contributed by atoms with Crippen LogP contribution in [-0.2, 0) is 5.41 Å². The smallest absolute Gasteiger partial charge is 0.174 e. The Hall–Kier alpha value is -2.19. The first-order valence-electron chi connectivity index (χ1n) is 6.35. The van der Waals surface area contributed by atoms with Gasteiger partial charge in [-0.2, -0.15) is 10.4 Å². The summed E-state index contributed by atoms with van der Waals surface area (Å²) in [4.78, 5) is 5.67. The van der Waals surface area contributed by atoms with E-state index in [4.69, 9.17) is 0 Å². The highest BCUT2D eigenvalue weighted by atomic mass is 32.1. The predicted molar refractivity (Wildman–Crippen MR) is 79.7 cm³/mol. The molecule has 0 radical (unpaired) electrons. The molecule has 0 saturated heterocycles. The molecule has 20 heavy (non-hydrogen) atoms. The number of fused-ring (bicyclic) bond motifs is 1. The summed E-state index contributed by atoms with van der Waals surface area (Å²) < 4.78 is 1.78. The van der Waals surface area contributed by atoms with Crippen LogP contribution in [0.5, 0.6) is 0 Å². The molecule has 4 nitrogen and oxygen atoms in total. The number of nitriles is 1. The van der Waals surface area contributed by atoms with E-state index in [1.807, 2.05) is 29.6 Å². The Kier molecular flexibility index (Phi) is 2.84. The van der Waals surface area contributed by atoms with Crippen molar-refractivity contribution in [1.82, 2.24) is 14.6 Å².